The van der Waals surface area contributed by atoms with Crippen molar-refractivity contribution in [1.82, 2.24) is 4.90 Å². The van der Waals surface area contributed by atoms with Crippen molar-refractivity contribution in [2.45, 2.75) is 30.1 Å². The minimum Gasteiger partial charge on any atom is -0.497 e. The van der Waals surface area contributed by atoms with Gasteiger partial charge in [0, 0.05) is 5.92 Å². The molecule has 0 N–H and O–H groups in total. The Hall–Kier alpha value is -2.34. The zero-order valence-electron chi connectivity index (χ0n) is 15.3. The minimum absolute atomic E-state index is 0.116. The van der Waals surface area contributed by atoms with Gasteiger partial charge in [-0.1, -0.05) is 65.3 Å². The molecule has 1 fully saturated rings. The van der Waals surface area contributed by atoms with E-state index in [0.29, 0.717) is 6.42 Å². The highest BCUT2D eigenvalue weighted by Gasteiger charge is 2.41. The molecule has 0 aliphatic carbocycles. The third kappa shape index (κ3) is 4.33. The number of alkyl halides is 1. The van der Waals surface area contributed by atoms with E-state index in [1.165, 1.54) is 4.90 Å². The van der Waals surface area contributed by atoms with E-state index < -0.39 is 10.9 Å². The van der Waals surface area contributed by atoms with Crippen LogP contribution < -0.4 is 4.74 Å². The van der Waals surface area contributed by atoms with Crippen molar-refractivity contribution in [1.29, 1.82) is 0 Å². The van der Waals surface area contributed by atoms with Crippen LogP contribution in [0.15, 0.2) is 54.6 Å². The van der Waals surface area contributed by atoms with Crippen molar-refractivity contribution in [3.63, 3.8) is 0 Å². The maximum absolute atomic E-state index is 13.0. The van der Waals surface area contributed by atoms with Gasteiger partial charge in [0.25, 0.3) is 0 Å². The predicted molar refractivity (Wildman–Crippen MR) is 106 cm³/mol. The maximum Gasteiger partial charge on any atom is 0.417 e. The fraction of sp³-hybridized carbons (Fsp3) is 0.333. The normalized spacial score (nSPS) is 18.7. The van der Waals surface area contributed by atoms with E-state index in [2.05, 4.69) is 15.9 Å². The van der Waals surface area contributed by atoms with Gasteiger partial charge >= 0.3 is 6.09 Å². The van der Waals surface area contributed by atoms with Crippen LogP contribution in [0.2, 0.25) is 0 Å². The van der Waals surface area contributed by atoms with Gasteiger partial charge in [0.2, 0.25) is 5.91 Å². The molecular weight excluding hydrogens is 410 g/mol. The molecule has 0 bridgehead atoms. The predicted octanol–water partition coefficient (Wildman–Crippen LogP) is 4.15. The molecular formula is C21H22BrNO4. The summed E-state index contributed by atoms with van der Waals surface area (Å²) in [5.74, 6) is 0.366. The van der Waals surface area contributed by atoms with Gasteiger partial charge in [-0.3, -0.25) is 4.79 Å². The summed E-state index contributed by atoms with van der Waals surface area (Å²) >= 11 is 3.50. The zero-order valence-corrected chi connectivity index (χ0v) is 16.9. The van der Waals surface area contributed by atoms with Crippen LogP contribution in [-0.2, 0) is 16.0 Å². The van der Waals surface area contributed by atoms with Gasteiger partial charge in [-0.25, -0.2) is 9.69 Å². The lowest BCUT2D eigenvalue weighted by atomic mass is 9.96. The molecule has 0 unspecified atom stereocenters. The number of nitrogens with zero attached hydrogens (tertiary/aromatic N) is 1. The molecule has 0 saturated carbocycles. The Morgan fingerprint density at radius 3 is 2.52 bits per heavy atom. The third-order valence-corrected chi connectivity index (χ3v) is 6.01. The molecule has 1 heterocycles. The Balaban J connectivity index is 1.73. The van der Waals surface area contributed by atoms with Crippen LogP contribution >= 0.6 is 15.9 Å². The van der Waals surface area contributed by atoms with Crippen LogP contribution in [0.4, 0.5) is 4.79 Å². The van der Waals surface area contributed by atoms with Crippen molar-refractivity contribution >= 4 is 27.9 Å². The maximum atomic E-state index is 13.0. The number of amides is 2. The SMILES string of the molecule is COc1ccc([C@@H](C)[C@H](Br)C(=O)N2C(=O)OC[C@H]2Cc2ccccc2)cc1. The average molecular weight is 432 g/mol. The van der Waals surface area contributed by atoms with E-state index in [1.54, 1.807) is 7.11 Å². The van der Waals surface area contributed by atoms with Gasteiger partial charge in [0.05, 0.1) is 13.2 Å². The van der Waals surface area contributed by atoms with Gasteiger partial charge in [0.1, 0.15) is 17.2 Å². The second-order valence-corrected chi connectivity index (χ2v) is 7.58. The van der Waals surface area contributed by atoms with Crippen LogP contribution in [-0.4, -0.2) is 41.5 Å². The number of carbonyl (C=O) groups excluding carboxylic acids is 2. The molecule has 3 atom stereocenters. The second kappa shape index (κ2) is 8.57. The molecule has 5 nitrogen and oxygen atoms in total. The quantitative estimate of drug-likeness (QED) is 0.644. The Morgan fingerprint density at radius 2 is 1.89 bits per heavy atom. The number of halogens is 1. The Labute approximate surface area is 167 Å². The molecule has 1 saturated heterocycles. The van der Waals surface area contributed by atoms with E-state index in [0.717, 1.165) is 16.9 Å². The monoisotopic (exact) mass is 431 g/mol. The first-order valence-corrected chi connectivity index (χ1v) is 9.74. The van der Waals surface area contributed by atoms with E-state index >= 15 is 0 Å². The summed E-state index contributed by atoms with van der Waals surface area (Å²) < 4.78 is 10.3. The minimum atomic E-state index is -0.577. The fourth-order valence-electron chi connectivity index (χ4n) is 3.19. The summed E-state index contributed by atoms with van der Waals surface area (Å²) in [6, 6.07) is 17.1. The number of carbonyl (C=O) groups is 2. The molecule has 2 aromatic rings. The molecule has 3 rings (SSSR count). The molecule has 142 valence electrons. The largest absolute Gasteiger partial charge is 0.497 e. The van der Waals surface area contributed by atoms with Gasteiger partial charge in [-0.15, -0.1) is 0 Å². The number of hydrogen-bond acceptors (Lipinski definition) is 4. The summed E-state index contributed by atoms with van der Waals surface area (Å²) in [4.78, 5) is 26.0. The third-order valence-electron chi connectivity index (χ3n) is 4.83. The van der Waals surface area contributed by atoms with Crippen molar-refractivity contribution in [2.75, 3.05) is 13.7 Å². The number of hydrogen-bond donors (Lipinski definition) is 0. The second-order valence-electron chi connectivity index (χ2n) is 6.59. The highest BCUT2D eigenvalue weighted by atomic mass is 79.9. The Kier molecular flexibility index (Phi) is 6.16. The highest BCUT2D eigenvalue weighted by Crippen LogP contribution is 2.30. The number of benzene rings is 2. The van der Waals surface area contributed by atoms with Gasteiger partial charge in [0.15, 0.2) is 0 Å². The summed E-state index contributed by atoms with van der Waals surface area (Å²) in [5, 5.41) is 0. The van der Waals surface area contributed by atoms with E-state index in [9.17, 15) is 9.59 Å². The fourth-order valence-corrected chi connectivity index (χ4v) is 3.72. The molecule has 6 heteroatoms. The van der Waals surface area contributed by atoms with Crippen LogP contribution in [0, 0.1) is 0 Å². The Bertz CT molecular complexity index is 794. The zero-order chi connectivity index (χ0) is 19.4. The summed E-state index contributed by atoms with van der Waals surface area (Å²) in [5.41, 5.74) is 2.05. The number of ether oxygens (including phenoxy) is 2. The van der Waals surface area contributed by atoms with Crippen LogP contribution in [0.5, 0.6) is 5.75 Å². The van der Waals surface area contributed by atoms with E-state index in [1.807, 2.05) is 61.5 Å². The standard InChI is InChI=1S/C21H22BrNO4/c1-14(16-8-10-18(26-2)11-9-16)19(22)20(24)23-17(13-27-21(23)25)12-15-6-4-3-5-7-15/h3-11,14,17,19H,12-13H2,1-2H3/t14-,17-,19+/m1/s1. The topological polar surface area (TPSA) is 55.8 Å². The molecule has 2 aromatic carbocycles. The lowest BCUT2D eigenvalue weighted by Crippen LogP contribution is -2.45. The molecule has 0 spiro atoms. The molecule has 2 amide bonds. The molecule has 1 aliphatic heterocycles. The first kappa shape index (κ1) is 19.4. The van der Waals surface area contributed by atoms with Crippen molar-refractivity contribution in [3.05, 3.63) is 65.7 Å². The van der Waals surface area contributed by atoms with Gasteiger partial charge < -0.3 is 9.47 Å². The number of methoxy groups -OCH3 is 1. The lowest BCUT2D eigenvalue weighted by molar-refractivity contribution is -0.128. The van der Waals surface area contributed by atoms with Crippen molar-refractivity contribution in [3.8, 4) is 5.75 Å². The summed E-state index contributed by atoms with van der Waals surface area (Å²) in [6.07, 6.45) is 0.00177. The molecule has 27 heavy (non-hydrogen) atoms. The smallest absolute Gasteiger partial charge is 0.417 e. The van der Waals surface area contributed by atoms with Crippen LogP contribution in [0.1, 0.15) is 24.0 Å². The number of imide groups is 1. The van der Waals surface area contributed by atoms with Crippen LogP contribution in [0.3, 0.4) is 0 Å². The summed E-state index contributed by atoms with van der Waals surface area (Å²) in [7, 11) is 1.61. The van der Waals surface area contributed by atoms with E-state index in [-0.39, 0.29) is 24.5 Å². The number of rotatable bonds is 6. The van der Waals surface area contributed by atoms with Gasteiger partial charge in [-0.2, -0.15) is 0 Å². The highest BCUT2D eigenvalue weighted by molar-refractivity contribution is 9.10. The van der Waals surface area contributed by atoms with Crippen molar-refractivity contribution < 1.29 is 19.1 Å². The first-order chi connectivity index (χ1) is 13.0. The van der Waals surface area contributed by atoms with Gasteiger partial charge in [-0.05, 0) is 29.7 Å². The average Bonchev–Trinajstić information content (AvgIpc) is 3.07. The summed E-state index contributed by atoms with van der Waals surface area (Å²) in [6.45, 7) is 2.17. The Morgan fingerprint density at radius 1 is 1.22 bits per heavy atom. The van der Waals surface area contributed by atoms with E-state index in [4.69, 9.17) is 9.47 Å². The van der Waals surface area contributed by atoms with Crippen molar-refractivity contribution in [2.24, 2.45) is 0 Å². The lowest BCUT2D eigenvalue weighted by Gasteiger charge is -2.25. The number of cyclic esters (lactones) is 1. The molecule has 0 aromatic heterocycles. The molecule has 0 radical (unpaired) electrons. The molecule has 1 aliphatic rings. The first-order valence-electron chi connectivity index (χ1n) is 8.83. The van der Waals surface area contributed by atoms with Crippen LogP contribution in [0.25, 0.3) is 0 Å².